The van der Waals surface area contributed by atoms with Gasteiger partial charge in [-0.1, -0.05) is 25.1 Å². The van der Waals surface area contributed by atoms with Crippen LogP contribution in [0.3, 0.4) is 0 Å². The van der Waals surface area contributed by atoms with Crippen LogP contribution in [0, 0.1) is 11.8 Å². The number of likely N-dealkylation sites (tertiary alicyclic amines) is 1. The van der Waals surface area contributed by atoms with Crippen molar-refractivity contribution in [3.63, 3.8) is 0 Å². The van der Waals surface area contributed by atoms with Crippen molar-refractivity contribution in [1.82, 2.24) is 15.2 Å². The normalized spacial score (nSPS) is 20.9. The second-order valence-electron chi connectivity index (χ2n) is 8.59. The fraction of sp³-hybridized carbons (Fsp3) is 0.417. The van der Waals surface area contributed by atoms with Gasteiger partial charge in [-0.15, -0.1) is 0 Å². The van der Waals surface area contributed by atoms with Gasteiger partial charge in [0.05, 0.1) is 5.92 Å². The highest BCUT2D eigenvalue weighted by Gasteiger charge is 2.55. The minimum absolute atomic E-state index is 0.0250. The second-order valence-corrected chi connectivity index (χ2v) is 8.59. The smallest absolute Gasteiger partial charge is 0.325 e. The van der Waals surface area contributed by atoms with Crippen LogP contribution in [0.2, 0.25) is 0 Å². The number of hydrogen-bond acceptors (Lipinski definition) is 5. The lowest BCUT2D eigenvalue weighted by atomic mass is 9.81. The summed E-state index contributed by atoms with van der Waals surface area (Å²) >= 11 is 0. The predicted molar refractivity (Wildman–Crippen MR) is 122 cm³/mol. The predicted octanol–water partition coefficient (Wildman–Crippen LogP) is 2.59. The number of carbonyl (C=O) groups excluding carboxylic acids is 3. The summed E-state index contributed by atoms with van der Waals surface area (Å²) in [5, 5.41) is 2.98. The van der Waals surface area contributed by atoms with Gasteiger partial charge in [0.1, 0.15) is 11.9 Å². The molecular weight excluding hydrogens is 406 g/mol. The zero-order chi connectivity index (χ0) is 22.8. The van der Waals surface area contributed by atoms with Crippen LogP contribution in [0.15, 0.2) is 48.7 Å². The molecule has 1 aromatic heterocycles. The van der Waals surface area contributed by atoms with Crippen molar-refractivity contribution in [2.75, 3.05) is 17.7 Å². The van der Waals surface area contributed by atoms with E-state index >= 15 is 0 Å². The third kappa shape index (κ3) is 4.30. The zero-order valence-electron chi connectivity index (χ0n) is 18.4. The van der Waals surface area contributed by atoms with Gasteiger partial charge in [0, 0.05) is 25.0 Å². The molecule has 1 saturated carbocycles. The van der Waals surface area contributed by atoms with Crippen LogP contribution in [0.5, 0.6) is 0 Å². The highest BCUT2D eigenvalue weighted by Crippen LogP contribution is 2.36. The number of rotatable bonds is 7. The minimum Gasteiger partial charge on any atom is -0.384 e. The Balaban J connectivity index is 1.57. The largest absolute Gasteiger partial charge is 0.384 e. The zero-order valence-corrected chi connectivity index (χ0v) is 18.4. The van der Waals surface area contributed by atoms with Crippen LogP contribution in [0.4, 0.5) is 16.3 Å². The lowest BCUT2D eigenvalue weighted by Crippen LogP contribution is -2.71. The molecule has 1 saturated heterocycles. The van der Waals surface area contributed by atoms with E-state index in [4.69, 9.17) is 5.73 Å². The number of nitrogens with two attached hydrogens (primary N) is 1. The molecule has 1 aliphatic heterocycles. The van der Waals surface area contributed by atoms with Gasteiger partial charge >= 0.3 is 6.03 Å². The van der Waals surface area contributed by atoms with Crippen molar-refractivity contribution >= 4 is 29.4 Å². The monoisotopic (exact) mass is 435 g/mol. The fourth-order valence-electron chi connectivity index (χ4n) is 4.39. The highest BCUT2D eigenvalue weighted by molar-refractivity contribution is 6.12. The molecule has 3 N–H and O–H groups in total. The first-order chi connectivity index (χ1) is 15.4. The van der Waals surface area contributed by atoms with Crippen LogP contribution in [-0.2, 0) is 16.0 Å². The van der Waals surface area contributed by atoms with E-state index in [1.807, 2.05) is 37.3 Å². The number of imide groups is 1. The Morgan fingerprint density at radius 3 is 2.59 bits per heavy atom. The van der Waals surface area contributed by atoms with E-state index < -0.39 is 18.0 Å². The van der Waals surface area contributed by atoms with Crippen molar-refractivity contribution in [3.8, 4) is 0 Å². The van der Waals surface area contributed by atoms with Gasteiger partial charge in [0.15, 0.2) is 0 Å². The van der Waals surface area contributed by atoms with E-state index in [2.05, 4.69) is 10.3 Å². The molecule has 1 aromatic carbocycles. The molecule has 2 heterocycles. The van der Waals surface area contributed by atoms with Gasteiger partial charge in [-0.3, -0.25) is 14.5 Å². The number of anilines is 2. The molecule has 8 nitrogen and oxygen atoms in total. The number of nitrogens with zero attached hydrogens (tertiary/aromatic N) is 3. The lowest BCUT2D eigenvalue weighted by Gasteiger charge is -2.46. The van der Waals surface area contributed by atoms with Crippen LogP contribution in [0.25, 0.3) is 0 Å². The maximum atomic E-state index is 13.5. The molecule has 2 aliphatic rings. The summed E-state index contributed by atoms with van der Waals surface area (Å²) in [7, 11) is 1.66. The van der Waals surface area contributed by atoms with E-state index in [1.54, 1.807) is 25.4 Å². The molecule has 8 heteroatoms. The molecule has 32 heavy (non-hydrogen) atoms. The van der Waals surface area contributed by atoms with Gasteiger partial charge < -0.3 is 16.0 Å². The van der Waals surface area contributed by atoms with Gasteiger partial charge in [0.25, 0.3) is 5.91 Å². The van der Waals surface area contributed by atoms with Gasteiger partial charge in [-0.2, -0.15) is 0 Å². The summed E-state index contributed by atoms with van der Waals surface area (Å²) in [6.45, 7) is 2.02. The average Bonchev–Trinajstić information content (AvgIpc) is 3.64. The minimum atomic E-state index is -0.876. The molecule has 2 fully saturated rings. The topological polar surface area (TPSA) is 109 Å². The summed E-state index contributed by atoms with van der Waals surface area (Å²) in [4.78, 5) is 46.2. The van der Waals surface area contributed by atoms with E-state index in [0.29, 0.717) is 23.8 Å². The average molecular weight is 436 g/mol. The lowest BCUT2D eigenvalue weighted by molar-refractivity contribution is -0.156. The fourth-order valence-corrected chi connectivity index (χ4v) is 4.39. The number of urea groups is 1. The summed E-state index contributed by atoms with van der Waals surface area (Å²) < 4.78 is 0. The maximum Gasteiger partial charge on any atom is 0.325 e. The number of amides is 4. The molecular formula is C24H29N5O3. The second kappa shape index (κ2) is 8.98. The third-order valence-electron chi connectivity index (χ3n) is 6.40. The number of para-hydroxylation sites is 1. The Morgan fingerprint density at radius 2 is 1.97 bits per heavy atom. The molecule has 0 unspecified atom stereocenters. The van der Waals surface area contributed by atoms with Crippen molar-refractivity contribution in [1.29, 1.82) is 0 Å². The Hall–Kier alpha value is -3.42. The van der Waals surface area contributed by atoms with Gasteiger partial charge in [-0.25, -0.2) is 9.78 Å². The summed E-state index contributed by atoms with van der Waals surface area (Å²) in [5.41, 5.74) is 7.29. The highest BCUT2D eigenvalue weighted by atomic mass is 16.2. The Kier molecular flexibility index (Phi) is 6.12. The van der Waals surface area contributed by atoms with Crippen LogP contribution in [0.1, 0.15) is 31.7 Å². The number of carbonyl (C=O) groups is 3. The van der Waals surface area contributed by atoms with Crippen molar-refractivity contribution in [2.24, 2.45) is 11.8 Å². The number of nitrogen functional groups attached to an aromatic ring is 1. The first kappa shape index (κ1) is 21.8. The molecule has 4 amide bonds. The van der Waals surface area contributed by atoms with E-state index in [1.165, 1.54) is 4.90 Å². The standard InChI is InChI=1S/C24H29N5O3/c1-3-19(16-9-10-16)27-24(32)29-21(23(31)28(2)17-7-5-4-6-8-17)18(22(29)30)13-15-11-12-26-20(25)14-15/h4-8,11-12,14,16,18-19,21H,3,9-10,13H2,1-2H3,(H2,25,26)(H,27,32)/t18-,19-,21+/m1/s1. The SMILES string of the molecule is CC[C@@H](NC(=O)N1C(=O)[C@H](Cc2ccnc(N)c2)[C@H]1C(=O)N(C)c1ccccc1)C1CC1. The summed E-state index contributed by atoms with van der Waals surface area (Å²) in [6, 6.07) is 11.3. The van der Waals surface area contributed by atoms with E-state index in [-0.39, 0.29) is 17.9 Å². The molecule has 0 bridgehead atoms. The molecule has 0 spiro atoms. The molecule has 168 valence electrons. The summed E-state index contributed by atoms with van der Waals surface area (Å²) in [5.74, 6) is -0.469. The number of nitrogens with one attached hydrogen (secondary N) is 1. The van der Waals surface area contributed by atoms with Crippen LogP contribution in [-0.4, -0.2) is 46.9 Å². The number of benzene rings is 1. The molecule has 1 aliphatic carbocycles. The molecule has 2 aromatic rings. The maximum absolute atomic E-state index is 13.5. The Morgan fingerprint density at radius 1 is 1.25 bits per heavy atom. The van der Waals surface area contributed by atoms with Crippen molar-refractivity contribution in [3.05, 3.63) is 54.2 Å². The van der Waals surface area contributed by atoms with E-state index in [9.17, 15) is 14.4 Å². The van der Waals surface area contributed by atoms with Crippen molar-refractivity contribution in [2.45, 2.75) is 44.7 Å². The van der Waals surface area contributed by atoms with E-state index in [0.717, 1.165) is 29.7 Å². The molecule has 0 radical (unpaired) electrons. The van der Waals surface area contributed by atoms with Gasteiger partial charge in [-0.05, 0) is 61.4 Å². The number of hydrogen-bond donors (Lipinski definition) is 2. The number of likely N-dealkylation sites (N-methyl/N-ethyl adjacent to an activating group) is 1. The van der Waals surface area contributed by atoms with Gasteiger partial charge in [0.2, 0.25) is 5.91 Å². The first-order valence-corrected chi connectivity index (χ1v) is 11.1. The molecule has 4 rings (SSSR count). The van der Waals surface area contributed by atoms with Crippen LogP contribution >= 0.6 is 0 Å². The quantitative estimate of drug-likeness (QED) is 0.650. The summed E-state index contributed by atoms with van der Waals surface area (Å²) in [6.07, 6.45) is 4.84. The number of aromatic nitrogens is 1. The molecule has 3 atom stereocenters. The Bertz CT molecular complexity index is 1010. The van der Waals surface area contributed by atoms with Crippen LogP contribution < -0.4 is 16.0 Å². The van der Waals surface area contributed by atoms with Crippen molar-refractivity contribution < 1.29 is 14.4 Å². The number of pyridine rings is 1. The number of β-lactam (4-membered cyclic amide) rings is 1. The Labute approximate surface area is 187 Å². The first-order valence-electron chi connectivity index (χ1n) is 11.1. The third-order valence-corrected chi connectivity index (χ3v) is 6.40.